The SMILES string of the molecule is CCNc1c(CN(CC)C2CC2)c(C)nn1C. The minimum atomic E-state index is 0.814. The van der Waals surface area contributed by atoms with Crippen LogP contribution < -0.4 is 5.32 Å². The second kappa shape index (κ2) is 5.08. The molecule has 2 rings (SSSR count). The molecule has 0 spiro atoms. The molecule has 1 saturated carbocycles. The fourth-order valence-corrected chi connectivity index (χ4v) is 2.42. The van der Waals surface area contributed by atoms with E-state index in [1.54, 1.807) is 0 Å². The highest BCUT2D eigenvalue weighted by Crippen LogP contribution is 2.30. The summed E-state index contributed by atoms with van der Waals surface area (Å²) < 4.78 is 1.97. The molecule has 1 heterocycles. The zero-order chi connectivity index (χ0) is 12.4. The molecule has 0 radical (unpaired) electrons. The maximum absolute atomic E-state index is 4.52. The van der Waals surface area contributed by atoms with Gasteiger partial charge < -0.3 is 5.32 Å². The smallest absolute Gasteiger partial charge is 0.128 e. The van der Waals surface area contributed by atoms with Crippen LogP contribution in [0.4, 0.5) is 5.82 Å². The predicted octanol–water partition coefficient (Wildman–Crippen LogP) is 2.14. The number of nitrogens with zero attached hydrogens (tertiary/aromatic N) is 3. The first-order valence-corrected chi connectivity index (χ1v) is 6.67. The van der Waals surface area contributed by atoms with E-state index in [0.29, 0.717) is 0 Å². The van der Waals surface area contributed by atoms with Gasteiger partial charge in [0.15, 0.2) is 0 Å². The first-order chi connectivity index (χ1) is 8.17. The molecule has 1 fully saturated rings. The van der Waals surface area contributed by atoms with Crippen LogP contribution in [0.5, 0.6) is 0 Å². The van der Waals surface area contributed by atoms with Gasteiger partial charge in [0, 0.05) is 31.7 Å². The third-order valence-corrected chi connectivity index (χ3v) is 3.52. The monoisotopic (exact) mass is 236 g/mol. The second-order valence-electron chi connectivity index (χ2n) is 4.86. The number of aryl methyl sites for hydroxylation is 2. The molecule has 4 heteroatoms. The summed E-state index contributed by atoms with van der Waals surface area (Å²) in [6, 6.07) is 0.814. The highest BCUT2D eigenvalue weighted by atomic mass is 15.3. The quantitative estimate of drug-likeness (QED) is 0.821. The number of nitrogens with one attached hydrogen (secondary N) is 1. The molecule has 1 N–H and O–H groups in total. The van der Waals surface area contributed by atoms with Crippen LogP contribution in [0.25, 0.3) is 0 Å². The van der Waals surface area contributed by atoms with Crippen molar-refractivity contribution in [3.63, 3.8) is 0 Å². The molecular weight excluding hydrogens is 212 g/mol. The number of anilines is 1. The number of hydrogen-bond acceptors (Lipinski definition) is 3. The third-order valence-electron chi connectivity index (χ3n) is 3.52. The summed E-state index contributed by atoms with van der Waals surface area (Å²) in [5.41, 5.74) is 2.52. The van der Waals surface area contributed by atoms with E-state index in [-0.39, 0.29) is 0 Å². The minimum absolute atomic E-state index is 0.814. The molecule has 0 saturated heterocycles. The van der Waals surface area contributed by atoms with E-state index in [9.17, 15) is 0 Å². The van der Waals surface area contributed by atoms with Crippen LogP contribution in [0.1, 0.15) is 37.9 Å². The molecule has 0 unspecified atom stereocenters. The van der Waals surface area contributed by atoms with Crippen molar-refractivity contribution in [1.29, 1.82) is 0 Å². The highest BCUT2D eigenvalue weighted by Gasteiger charge is 2.29. The van der Waals surface area contributed by atoms with Gasteiger partial charge in [-0.1, -0.05) is 6.92 Å². The Kier molecular flexibility index (Phi) is 3.72. The largest absolute Gasteiger partial charge is 0.370 e. The van der Waals surface area contributed by atoms with Crippen LogP contribution in [0.3, 0.4) is 0 Å². The Morgan fingerprint density at radius 3 is 2.65 bits per heavy atom. The van der Waals surface area contributed by atoms with E-state index in [2.05, 4.69) is 36.1 Å². The molecule has 1 aromatic heterocycles. The van der Waals surface area contributed by atoms with Crippen molar-refractivity contribution >= 4 is 5.82 Å². The van der Waals surface area contributed by atoms with Crippen LogP contribution in [-0.2, 0) is 13.6 Å². The van der Waals surface area contributed by atoms with Gasteiger partial charge in [0.1, 0.15) is 5.82 Å². The van der Waals surface area contributed by atoms with Crippen LogP contribution in [0.2, 0.25) is 0 Å². The predicted molar refractivity (Wildman–Crippen MR) is 71.2 cm³/mol. The van der Waals surface area contributed by atoms with Crippen molar-refractivity contribution in [2.24, 2.45) is 7.05 Å². The fourth-order valence-electron chi connectivity index (χ4n) is 2.42. The summed E-state index contributed by atoms with van der Waals surface area (Å²) in [6.45, 7) is 9.59. The van der Waals surface area contributed by atoms with Gasteiger partial charge in [-0.25, -0.2) is 0 Å². The molecular formula is C13H24N4. The maximum atomic E-state index is 4.52. The van der Waals surface area contributed by atoms with Gasteiger partial charge in [0.05, 0.1) is 5.69 Å². The molecule has 17 heavy (non-hydrogen) atoms. The van der Waals surface area contributed by atoms with Crippen LogP contribution in [0.15, 0.2) is 0 Å². The first kappa shape index (κ1) is 12.4. The number of aromatic nitrogens is 2. The molecule has 0 aliphatic heterocycles. The molecule has 1 aliphatic carbocycles. The lowest BCUT2D eigenvalue weighted by Crippen LogP contribution is -2.25. The average Bonchev–Trinajstić information content (AvgIpc) is 3.08. The van der Waals surface area contributed by atoms with E-state index in [1.807, 2.05) is 11.7 Å². The van der Waals surface area contributed by atoms with Gasteiger partial charge >= 0.3 is 0 Å². The standard InChI is InChI=1S/C13H24N4/c1-5-14-13-12(10(3)15-16(13)4)9-17(6-2)11-7-8-11/h11,14H,5-9H2,1-4H3. The zero-order valence-corrected chi connectivity index (χ0v) is 11.5. The number of hydrogen-bond donors (Lipinski definition) is 1. The first-order valence-electron chi connectivity index (χ1n) is 6.67. The van der Waals surface area contributed by atoms with E-state index in [1.165, 1.54) is 24.2 Å². The molecule has 0 amide bonds. The maximum Gasteiger partial charge on any atom is 0.128 e. The molecule has 1 aromatic rings. The molecule has 0 atom stereocenters. The molecule has 0 bridgehead atoms. The Hall–Kier alpha value is -1.03. The highest BCUT2D eigenvalue weighted by molar-refractivity contribution is 5.47. The second-order valence-corrected chi connectivity index (χ2v) is 4.86. The molecule has 96 valence electrons. The Labute approximate surface area is 104 Å². The van der Waals surface area contributed by atoms with Gasteiger partial charge in [-0.3, -0.25) is 9.58 Å². The van der Waals surface area contributed by atoms with Crippen molar-refractivity contribution in [3.8, 4) is 0 Å². The van der Waals surface area contributed by atoms with E-state index in [4.69, 9.17) is 0 Å². The van der Waals surface area contributed by atoms with Crippen molar-refractivity contribution in [3.05, 3.63) is 11.3 Å². The summed E-state index contributed by atoms with van der Waals surface area (Å²) in [5.74, 6) is 1.18. The zero-order valence-electron chi connectivity index (χ0n) is 11.5. The van der Waals surface area contributed by atoms with Crippen molar-refractivity contribution < 1.29 is 0 Å². The summed E-state index contributed by atoms with van der Waals surface area (Å²) in [4.78, 5) is 2.56. The molecule has 1 aliphatic rings. The Bertz CT molecular complexity index is 379. The van der Waals surface area contributed by atoms with Gasteiger partial charge in [-0.2, -0.15) is 5.10 Å². The molecule has 0 aromatic carbocycles. The van der Waals surface area contributed by atoms with E-state index < -0.39 is 0 Å². The Morgan fingerprint density at radius 2 is 2.12 bits per heavy atom. The number of rotatable bonds is 6. The topological polar surface area (TPSA) is 33.1 Å². The van der Waals surface area contributed by atoms with Gasteiger partial charge in [0.25, 0.3) is 0 Å². The summed E-state index contributed by atoms with van der Waals surface area (Å²) in [5, 5.41) is 7.95. The fraction of sp³-hybridized carbons (Fsp3) is 0.769. The van der Waals surface area contributed by atoms with Crippen LogP contribution in [-0.4, -0.2) is 33.8 Å². The van der Waals surface area contributed by atoms with Crippen molar-refractivity contribution in [2.45, 2.75) is 46.2 Å². The van der Waals surface area contributed by atoms with Gasteiger partial charge in [-0.15, -0.1) is 0 Å². The minimum Gasteiger partial charge on any atom is -0.370 e. The Balaban J connectivity index is 2.17. The summed E-state index contributed by atoms with van der Waals surface area (Å²) in [7, 11) is 2.02. The van der Waals surface area contributed by atoms with E-state index in [0.717, 1.165) is 31.4 Å². The third kappa shape index (κ3) is 2.63. The van der Waals surface area contributed by atoms with Crippen LogP contribution in [0, 0.1) is 6.92 Å². The average molecular weight is 236 g/mol. The lowest BCUT2D eigenvalue weighted by molar-refractivity contribution is 0.269. The van der Waals surface area contributed by atoms with Gasteiger partial charge in [-0.05, 0) is 33.2 Å². The lowest BCUT2D eigenvalue weighted by Gasteiger charge is -2.20. The van der Waals surface area contributed by atoms with Crippen molar-refractivity contribution in [1.82, 2.24) is 14.7 Å². The van der Waals surface area contributed by atoms with Crippen molar-refractivity contribution in [2.75, 3.05) is 18.4 Å². The lowest BCUT2D eigenvalue weighted by atomic mass is 10.2. The van der Waals surface area contributed by atoms with E-state index >= 15 is 0 Å². The van der Waals surface area contributed by atoms with Crippen LogP contribution >= 0.6 is 0 Å². The summed E-state index contributed by atoms with van der Waals surface area (Å²) >= 11 is 0. The normalized spacial score (nSPS) is 15.6. The Morgan fingerprint density at radius 1 is 1.41 bits per heavy atom. The van der Waals surface area contributed by atoms with Gasteiger partial charge in [0.2, 0.25) is 0 Å². The molecule has 4 nitrogen and oxygen atoms in total. The summed E-state index contributed by atoms with van der Waals surface area (Å²) in [6.07, 6.45) is 2.73.